The van der Waals surface area contributed by atoms with Crippen molar-refractivity contribution < 1.29 is 9.59 Å². The fourth-order valence-corrected chi connectivity index (χ4v) is 2.89. The van der Waals surface area contributed by atoms with Gasteiger partial charge >= 0.3 is 0 Å². The maximum Gasteiger partial charge on any atom is 0.289 e. The number of hydrazine groups is 1. The van der Waals surface area contributed by atoms with Gasteiger partial charge in [-0.25, -0.2) is 4.98 Å². The summed E-state index contributed by atoms with van der Waals surface area (Å²) >= 11 is 2.78. The number of nitrogens with zero attached hydrogens (tertiary/aromatic N) is 1. The second-order valence-electron chi connectivity index (χ2n) is 4.52. The van der Waals surface area contributed by atoms with Crippen LogP contribution in [0.4, 0.5) is 0 Å². The van der Waals surface area contributed by atoms with Gasteiger partial charge in [0.05, 0.1) is 5.75 Å². The van der Waals surface area contributed by atoms with Gasteiger partial charge in [0.15, 0.2) is 0 Å². The van der Waals surface area contributed by atoms with Crippen molar-refractivity contribution in [2.24, 2.45) is 0 Å². The fourth-order valence-electron chi connectivity index (χ4n) is 1.75. The van der Waals surface area contributed by atoms with E-state index in [1.807, 2.05) is 18.4 Å². The standard InChI is InChI=1S/C15H17N3O2S2/c1-3-10-4-6-11(7-5-10)15-16-12(8-22-15)14(20)18-17-13(19)9-21-2/h4-8H,3,9H2,1-2H3,(H,17,19)(H,18,20). The normalized spacial score (nSPS) is 10.3. The van der Waals surface area contributed by atoms with E-state index in [-0.39, 0.29) is 5.91 Å². The predicted octanol–water partition coefficient (Wildman–Crippen LogP) is 2.50. The second kappa shape index (κ2) is 7.95. The molecule has 0 atom stereocenters. The molecular formula is C15H17N3O2S2. The van der Waals surface area contributed by atoms with Crippen molar-refractivity contribution in [3.8, 4) is 10.6 Å². The minimum absolute atomic E-state index is 0.244. The average Bonchev–Trinajstić information content (AvgIpc) is 3.03. The number of thiazole rings is 1. The van der Waals surface area contributed by atoms with Gasteiger partial charge in [0.1, 0.15) is 10.7 Å². The van der Waals surface area contributed by atoms with Crippen LogP contribution in [0.15, 0.2) is 29.6 Å². The first kappa shape index (κ1) is 16.5. The molecule has 0 bridgehead atoms. The summed E-state index contributed by atoms with van der Waals surface area (Å²) in [5, 5.41) is 2.46. The van der Waals surface area contributed by atoms with E-state index in [1.54, 1.807) is 5.38 Å². The molecule has 0 unspecified atom stereocenters. The summed E-state index contributed by atoms with van der Waals surface area (Å²) in [5.41, 5.74) is 7.24. The Labute approximate surface area is 137 Å². The molecular weight excluding hydrogens is 318 g/mol. The van der Waals surface area contributed by atoms with E-state index >= 15 is 0 Å². The molecule has 1 heterocycles. The quantitative estimate of drug-likeness (QED) is 0.824. The van der Waals surface area contributed by atoms with E-state index in [0.29, 0.717) is 11.4 Å². The van der Waals surface area contributed by atoms with Gasteiger partial charge in [-0.2, -0.15) is 11.8 Å². The molecule has 0 aliphatic rings. The highest BCUT2D eigenvalue weighted by Crippen LogP contribution is 2.24. The molecule has 0 saturated heterocycles. The topological polar surface area (TPSA) is 71.1 Å². The molecule has 2 N–H and O–H groups in total. The van der Waals surface area contributed by atoms with Crippen LogP contribution in [0.3, 0.4) is 0 Å². The summed E-state index contributed by atoms with van der Waals surface area (Å²) < 4.78 is 0. The summed E-state index contributed by atoms with van der Waals surface area (Å²) in [6.07, 6.45) is 2.81. The number of aromatic nitrogens is 1. The first-order chi connectivity index (χ1) is 10.6. The van der Waals surface area contributed by atoms with E-state index in [0.717, 1.165) is 17.0 Å². The van der Waals surface area contributed by atoms with E-state index in [1.165, 1.54) is 28.7 Å². The molecule has 116 valence electrons. The third-order valence-corrected chi connectivity index (χ3v) is 4.38. The Morgan fingerprint density at radius 2 is 1.95 bits per heavy atom. The van der Waals surface area contributed by atoms with E-state index in [2.05, 4.69) is 34.9 Å². The lowest BCUT2D eigenvalue weighted by Gasteiger charge is -2.04. The largest absolute Gasteiger partial charge is 0.289 e. The van der Waals surface area contributed by atoms with E-state index in [4.69, 9.17) is 0 Å². The van der Waals surface area contributed by atoms with Gasteiger partial charge in [-0.3, -0.25) is 20.4 Å². The molecule has 0 saturated carbocycles. The first-order valence-electron chi connectivity index (χ1n) is 6.77. The Bertz CT molecular complexity index is 653. The third-order valence-electron chi connectivity index (χ3n) is 2.94. The number of hydrogen-bond acceptors (Lipinski definition) is 5. The molecule has 0 spiro atoms. The lowest BCUT2D eigenvalue weighted by Crippen LogP contribution is -2.42. The van der Waals surface area contributed by atoms with Crippen LogP contribution in [-0.2, 0) is 11.2 Å². The smallest absolute Gasteiger partial charge is 0.272 e. The van der Waals surface area contributed by atoms with Crippen molar-refractivity contribution in [2.45, 2.75) is 13.3 Å². The van der Waals surface area contributed by atoms with Crippen LogP contribution in [0.25, 0.3) is 10.6 Å². The molecule has 2 aromatic rings. The lowest BCUT2D eigenvalue weighted by atomic mass is 10.1. The Hall–Kier alpha value is -1.86. The number of aryl methyl sites for hydroxylation is 1. The van der Waals surface area contributed by atoms with Crippen LogP contribution in [0.5, 0.6) is 0 Å². The lowest BCUT2D eigenvalue weighted by molar-refractivity contribution is -0.119. The number of nitrogens with one attached hydrogen (secondary N) is 2. The average molecular weight is 335 g/mol. The van der Waals surface area contributed by atoms with Gasteiger partial charge in [0.25, 0.3) is 5.91 Å². The predicted molar refractivity (Wildman–Crippen MR) is 90.9 cm³/mol. The highest BCUT2D eigenvalue weighted by molar-refractivity contribution is 7.99. The Balaban J connectivity index is 2.00. The number of thioether (sulfide) groups is 1. The monoisotopic (exact) mass is 335 g/mol. The van der Waals surface area contributed by atoms with E-state index < -0.39 is 5.91 Å². The van der Waals surface area contributed by atoms with Gasteiger partial charge in [0, 0.05) is 10.9 Å². The van der Waals surface area contributed by atoms with Crippen molar-refractivity contribution in [3.05, 3.63) is 40.9 Å². The van der Waals surface area contributed by atoms with Crippen molar-refractivity contribution in [1.29, 1.82) is 0 Å². The number of carbonyl (C=O) groups excluding carboxylic acids is 2. The highest BCUT2D eigenvalue weighted by atomic mass is 32.2. The highest BCUT2D eigenvalue weighted by Gasteiger charge is 2.12. The van der Waals surface area contributed by atoms with Gasteiger partial charge in [-0.05, 0) is 18.2 Å². The number of benzene rings is 1. The second-order valence-corrected chi connectivity index (χ2v) is 6.25. The maximum absolute atomic E-state index is 11.9. The molecule has 1 aromatic carbocycles. The molecule has 5 nitrogen and oxygen atoms in total. The van der Waals surface area contributed by atoms with Gasteiger partial charge in [-0.15, -0.1) is 11.3 Å². The first-order valence-corrected chi connectivity index (χ1v) is 9.04. The number of amides is 2. The Morgan fingerprint density at radius 1 is 1.23 bits per heavy atom. The van der Waals surface area contributed by atoms with Crippen LogP contribution in [0.1, 0.15) is 23.0 Å². The number of carbonyl (C=O) groups is 2. The molecule has 22 heavy (non-hydrogen) atoms. The number of rotatable bonds is 5. The molecule has 0 aliphatic carbocycles. The van der Waals surface area contributed by atoms with Crippen LogP contribution in [0, 0.1) is 0 Å². The zero-order valence-electron chi connectivity index (χ0n) is 12.4. The van der Waals surface area contributed by atoms with Crippen LogP contribution >= 0.6 is 23.1 Å². The van der Waals surface area contributed by atoms with Gasteiger partial charge in [-0.1, -0.05) is 31.2 Å². The molecule has 2 amide bonds. The Morgan fingerprint density at radius 3 is 2.59 bits per heavy atom. The minimum Gasteiger partial charge on any atom is -0.272 e. The van der Waals surface area contributed by atoms with Gasteiger partial charge in [0.2, 0.25) is 5.91 Å². The zero-order valence-corrected chi connectivity index (χ0v) is 14.0. The molecule has 1 aromatic heterocycles. The molecule has 2 rings (SSSR count). The Kier molecular flexibility index (Phi) is 5.97. The van der Waals surface area contributed by atoms with Crippen molar-refractivity contribution >= 4 is 34.9 Å². The molecule has 0 radical (unpaired) electrons. The SMILES string of the molecule is CCc1ccc(-c2nc(C(=O)NNC(=O)CSC)cs2)cc1. The van der Waals surface area contributed by atoms with E-state index in [9.17, 15) is 9.59 Å². The summed E-state index contributed by atoms with van der Waals surface area (Å²) in [4.78, 5) is 27.5. The van der Waals surface area contributed by atoms with Crippen LogP contribution < -0.4 is 10.9 Å². The molecule has 0 fully saturated rings. The molecule has 0 aliphatic heterocycles. The van der Waals surface area contributed by atoms with Crippen molar-refractivity contribution in [3.63, 3.8) is 0 Å². The minimum atomic E-state index is -0.415. The molecule has 7 heteroatoms. The van der Waals surface area contributed by atoms with Crippen LogP contribution in [-0.4, -0.2) is 28.8 Å². The van der Waals surface area contributed by atoms with Crippen molar-refractivity contribution in [1.82, 2.24) is 15.8 Å². The third kappa shape index (κ3) is 4.32. The van der Waals surface area contributed by atoms with Crippen molar-refractivity contribution in [2.75, 3.05) is 12.0 Å². The number of hydrogen-bond donors (Lipinski definition) is 2. The summed E-state index contributed by atoms with van der Waals surface area (Å²) in [5.74, 6) is -0.361. The fraction of sp³-hybridized carbons (Fsp3) is 0.267. The zero-order chi connectivity index (χ0) is 15.9. The summed E-state index contributed by atoms with van der Waals surface area (Å²) in [7, 11) is 0. The summed E-state index contributed by atoms with van der Waals surface area (Å²) in [6, 6.07) is 8.11. The van der Waals surface area contributed by atoms with Gasteiger partial charge < -0.3 is 0 Å². The maximum atomic E-state index is 11.9. The summed E-state index contributed by atoms with van der Waals surface area (Å²) in [6.45, 7) is 2.10. The van der Waals surface area contributed by atoms with Crippen LogP contribution in [0.2, 0.25) is 0 Å².